The molecule has 1 N–H and O–H groups in total. The molecule has 25 heavy (non-hydrogen) atoms. The minimum absolute atomic E-state index is 0.626. The molecule has 0 aliphatic heterocycles. The maximum atomic E-state index is 4.66. The number of anilines is 1. The number of hydrogen-bond acceptors (Lipinski definition) is 4. The van der Waals surface area contributed by atoms with Crippen molar-refractivity contribution in [1.82, 2.24) is 9.88 Å². The first-order valence-corrected chi connectivity index (χ1v) is 11.6. The number of rotatable bonds is 7. The fraction of sp³-hybridized carbons (Fsp3) is 0.857. The third-order valence-corrected chi connectivity index (χ3v) is 6.54. The van der Waals surface area contributed by atoms with Crippen LogP contribution in [-0.4, -0.2) is 35.6 Å². The Balaban J connectivity index is 1.79. The first-order chi connectivity index (χ1) is 12.3. The topological polar surface area (TPSA) is 28.2 Å². The second-order valence-corrected chi connectivity index (χ2v) is 8.62. The van der Waals surface area contributed by atoms with E-state index in [0.29, 0.717) is 6.04 Å². The average Bonchev–Trinajstić information content (AvgIpc) is 3.06. The third kappa shape index (κ3) is 8.54. The highest BCUT2D eigenvalue weighted by Gasteiger charge is 2.12. The van der Waals surface area contributed by atoms with Crippen molar-refractivity contribution in [2.24, 2.45) is 0 Å². The molecular formula is C21H39N3S. The van der Waals surface area contributed by atoms with Crippen molar-refractivity contribution in [1.29, 1.82) is 0 Å². The minimum Gasteiger partial charge on any atom is -0.359 e. The van der Waals surface area contributed by atoms with E-state index in [0.717, 1.165) is 31.2 Å². The Hall–Kier alpha value is -0.610. The minimum atomic E-state index is 0.626. The van der Waals surface area contributed by atoms with Gasteiger partial charge in [0.25, 0.3) is 0 Å². The smallest absolute Gasteiger partial charge is 0.183 e. The van der Waals surface area contributed by atoms with Gasteiger partial charge in [-0.15, -0.1) is 11.3 Å². The lowest BCUT2D eigenvalue weighted by molar-refractivity contribution is 0.308. The molecule has 1 heterocycles. The number of likely N-dealkylation sites (N-methyl/N-ethyl adjacent to an activating group) is 1. The van der Waals surface area contributed by atoms with E-state index in [2.05, 4.69) is 35.2 Å². The first-order valence-electron chi connectivity index (χ1n) is 10.8. The van der Waals surface area contributed by atoms with E-state index >= 15 is 0 Å². The largest absolute Gasteiger partial charge is 0.359 e. The van der Waals surface area contributed by atoms with Crippen molar-refractivity contribution in [2.45, 2.75) is 96.9 Å². The van der Waals surface area contributed by atoms with Gasteiger partial charge in [0.15, 0.2) is 5.13 Å². The molecule has 0 radical (unpaired) electrons. The first kappa shape index (κ1) is 20.7. The zero-order valence-electron chi connectivity index (χ0n) is 16.6. The van der Waals surface area contributed by atoms with Crippen LogP contribution in [0.2, 0.25) is 0 Å². The van der Waals surface area contributed by atoms with Crippen LogP contribution >= 0.6 is 11.3 Å². The van der Waals surface area contributed by atoms with E-state index < -0.39 is 0 Å². The summed E-state index contributed by atoms with van der Waals surface area (Å²) in [6.45, 7) is 7.92. The molecule has 2 rings (SSSR count). The summed E-state index contributed by atoms with van der Waals surface area (Å²) < 4.78 is 0. The van der Waals surface area contributed by atoms with Gasteiger partial charge in [-0.2, -0.15) is 0 Å². The zero-order chi connectivity index (χ0) is 17.7. The van der Waals surface area contributed by atoms with Crippen LogP contribution in [0.25, 0.3) is 0 Å². The molecule has 0 saturated heterocycles. The fourth-order valence-corrected chi connectivity index (χ4v) is 4.66. The molecule has 144 valence electrons. The molecule has 4 heteroatoms. The van der Waals surface area contributed by atoms with Gasteiger partial charge in [-0.25, -0.2) is 4.98 Å². The molecule has 0 unspecified atom stereocenters. The Morgan fingerprint density at radius 1 is 0.960 bits per heavy atom. The van der Waals surface area contributed by atoms with Crippen LogP contribution in [0, 0.1) is 0 Å². The van der Waals surface area contributed by atoms with Crippen molar-refractivity contribution in [3.63, 3.8) is 0 Å². The second kappa shape index (κ2) is 12.7. The van der Waals surface area contributed by atoms with Crippen molar-refractivity contribution >= 4 is 16.5 Å². The molecule has 1 aromatic heterocycles. The number of nitrogens with zero attached hydrogens (tertiary/aromatic N) is 2. The van der Waals surface area contributed by atoms with Gasteiger partial charge in [0.2, 0.25) is 0 Å². The maximum absolute atomic E-state index is 4.66. The summed E-state index contributed by atoms with van der Waals surface area (Å²) >= 11 is 1.87. The van der Waals surface area contributed by atoms with Gasteiger partial charge in [0.05, 0.1) is 0 Å². The van der Waals surface area contributed by atoms with Crippen molar-refractivity contribution in [3.8, 4) is 0 Å². The molecule has 0 spiro atoms. The lowest BCUT2D eigenvalue weighted by Gasteiger charge is -2.19. The molecule has 3 nitrogen and oxygen atoms in total. The summed E-state index contributed by atoms with van der Waals surface area (Å²) in [4.78, 5) is 8.56. The average molecular weight is 366 g/mol. The highest BCUT2D eigenvalue weighted by atomic mass is 32.1. The van der Waals surface area contributed by atoms with E-state index in [-0.39, 0.29) is 0 Å². The predicted octanol–water partition coefficient (Wildman–Crippen LogP) is 6.11. The van der Waals surface area contributed by atoms with E-state index in [1.54, 1.807) is 0 Å². The summed E-state index contributed by atoms with van der Waals surface area (Å²) in [5, 5.41) is 4.91. The van der Waals surface area contributed by atoms with E-state index in [9.17, 15) is 0 Å². The number of hydrogen-bond donors (Lipinski definition) is 1. The van der Waals surface area contributed by atoms with Gasteiger partial charge in [-0.3, -0.25) is 0 Å². The van der Waals surface area contributed by atoms with Crippen LogP contribution in [0.4, 0.5) is 5.13 Å². The molecule has 0 atom stereocenters. The quantitative estimate of drug-likeness (QED) is 0.631. The SMILES string of the molecule is CCN(CC)CCc1cnc(NC2CCCCCCCCCCC2)s1. The van der Waals surface area contributed by atoms with Crippen molar-refractivity contribution in [3.05, 3.63) is 11.1 Å². The van der Waals surface area contributed by atoms with Crippen LogP contribution in [-0.2, 0) is 6.42 Å². The zero-order valence-corrected chi connectivity index (χ0v) is 17.4. The van der Waals surface area contributed by atoms with Gasteiger partial charge >= 0.3 is 0 Å². The summed E-state index contributed by atoms with van der Waals surface area (Å²) in [6, 6.07) is 0.626. The lowest BCUT2D eigenvalue weighted by Crippen LogP contribution is -2.25. The van der Waals surface area contributed by atoms with Crippen LogP contribution < -0.4 is 5.32 Å². The van der Waals surface area contributed by atoms with Crippen LogP contribution in [0.3, 0.4) is 0 Å². The summed E-state index contributed by atoms with van der Waals surface area (Å²) in [7, 11) is 0. The number of thiazole rings is 1. The molecule has 1 aromatic rings. The maximum Gasteiger partial charge on any atom is 0.183 e. The van der Waals surface area contributed by atoms with Crippen LogP contribution in [0.1, 0.15) is 89.4 Å². The molecule has 1 saturated carbocycles. The Morgan fingerprint density at radius 3 is 2.08 bits per heavy atom. The molecule has 1 aliphatic rings. The summed E-state index contributed by atoms with van der Waals surface area (Å²) in [6.07, 6.45) is 18.6. The summed E-state index contributed by atoms with van der Waals surface area (Å²) in [5.74, 6) is 0. The van der Waals surface area contributed by atoms with E-state index in [1.165, 1.54) is 75.5 Å². The highest BCUT2D eigenvalue weighted by molar-refractivity contribution is 7.15. The van der Waals surface area contributed by atoms with Gasteiger partial charge in [-0.1, -0.05) is 71.6 Å². The fourth-order valence-electron chi connectivity index (χ4n) is 3.78. The van der Waals surface area contributed by atoms with Crippen LogP contribution in [0.5, 0.6) is 0 Å². The summed E-state index contributed by atoms with van der Waals surface area (Å²) in [5.41, 5.74) is 0. The van der Waals surface area contributed by atoms with E-state index in [1.807, 2.05) is 11.3 Å². The molecule has 0 amide bonds. The molecule has 0 aromatic carbocycles. The second-order valence-electron chi connectivity index (χ2n) is 7.51. The van der Waals surface area contributed by atoms with Crippen molar-refractivity contribution < 1.29 is 0 Å². The van der Waals surface area contributed by atoms with Gasteiger partial charge in [0, 0.05) is 23.7 Å². The molecule has 1 fully saturated rings. The Labute approximate surface area is 159 Å². The molecule has 1 aliphatic carbocycles. The van der Waals surface area contributed by atoms with Crippen molar-refractivity contribution in [2.75, 3.05) is 25.0 Å². The molecule has 0 bridgehead atoms. The van der Waals surface area contributed by atoms with E-state index in [4.69, 9.17) is 0 Å². The monoisotopic (exact) mass is 365 g/mol. The van der Waals surface area contributed by atoms with Crippen LogP contribution in [0.15, 0.2) is 6.20 Å². The predicted molar refractivity (Wildman–Crippen MR) is 112 cm³/mol. The Bertz CT molecular complexity index is 430. The Kier molecular flexibility index (Phi) is 10.5. The normalized spacial score (nSPS) is 18.7. The highest BCUT2D eigenvalue weighted by Crippen LogP contribution is 2.24. The van der Waals surface area contributed by atoms with Gasteiger partial charge in [-0.05, 0) is 32.4 Å². The lowest BCUT2D eigenvalue weighted by atomic mass is 9.98. The number of aromatic nitrogens is 1. The van der Waals surface area contributed by atoms with Gasteiger partial charge < -0.3 is 10.2 Å². The standard InChI is InChI=1S/C21H39N3S/c1-3-24(4-2)17-16-20-18-22-21(25-20)23-19-14-12-10-8-6-5-7-9-11-13-15-19/h18-19H,3-17H2,1-2H3,(H,22,23). The third-order valence-electron chi connectivity index (χ3n) is 5.56. The van der Waals surface area contributed by atoms with Gasteiger partial charge in [0.1, 0.15) is 0 Å². The molecular weight excluding hydrogens is 326 g/mol. The number of nitrogens with one attached hydrogen (secondary N) is 1. The Morgan fingerprint density at radius 2 is 1.52 bits per heavy atom.